The molecule has 0 N–H and O–H groups in total. The Morgan fingerprint density at radius 3 is 2.30 bits per heavy atom. The third-order valence-corrected chi connectivity index (χ3v) is 5.22. The van der Waals surface area contributed by atoms with Gasteiger partial charge in [-0.15, -0.1) is 0 Å². The Bertz CT molecular complexity index is 1280. The molecule has 5 rings (SSSR count). The van der Waals surface area contributed by atoms with Crippen molar-refractivity contribution in [2.45, 2.75) is 12.8 Å². The van der Waals surface area contributed by atoms with Crippen LogP contribution in [0.2, 0.25) is 0 Å². The largest absolute Gasteiger partial charge is 0.455 e. The Morgan fingerprint density at radius 2 is 1.41 bits per heavy atom. The van der Waals surface area contributed by atoms with Crippen molar-refractivity contribution < 1.29 is 5.79 Å². The summed E-state index contributed by atoms with van der Waals surface area (Å²) in [5.74, 6) is -0.820. The van der Waals surface area contributed by atoms with Crippen LogP contribution in [-0.4, -0.2) is 0 Å². The number of benzene rings is 4. The highest BCUT2D eigenvalue weighted by atomic mass is 16.3. The molecule has 0 radical (unpaired) electrons. The molecule has 0 saturated carbocycles. The second kappa shape index (κ2) is 6.44. The van der Waals surface area contributed by atoms with Crippen LogP contribution in [0, 0.1) is 0 Å². The van der Waals surface area contributed by atoms with E-state index in [-0.39, 0.29) is 0 Å². The smallest absolute Gasteiger partial charge is 0.143 e. The molecule has 0 bridgehead atoms. The molecule has 0 aliphatic heterocycles. The van der Waals surface area contributed by atoms with Crippen molar-refractivity contribution in [3.8, 4) is 11.1 Å². The Hall–Kier alpha value is -3.32. The maximum Gasteiger partial charge on any atom is 0.143 e. The first-order valence-corrected chi connectivity index (χ1v) is 9.21. The third kappa shape index (κ3) is 2.72. The van der Waals surface area contributed by atoms with Crippen molar-refractivity contribution >= 4 is 21.9 Å². The normalized spacial score (nSPS) is 14.2. The molecule has 1 unspecified atom stereocenters. The molecule has 0 amide bonds. The van der Waals surface area contributed by atoms with Gasteiger partial charge in [-0.3, -0.25) is 0 Å². The highest BCUT2D eigenvalue weighted by Gasteiger charge is 2.13. The van der Waals surface area contributed by atoms with Crippen molar-refractivity contribution in [3.63, 3.8) is 0 Å². The summed E-state index contributed by atoms with van der Waals surface area (Å²) >= 11 is 0. The van der Waals surface area contributed by atoms with Crippen LogP contribution in [0.4, 0.5) is 0 Å². The van der Waals surface area contributed by atoms with Crippen LogP contribution in [0.15, 0.2) is 101 Å². The zero-order chi connectivity index (χ0) is 19.1. The van der Waals surface area contributed by atoms with Gasteiger partial charge in [0.2, 0.25) is 0 Å². The number of hydrogen-bond acceptors (Lipinski definition) is 1. The Kier molecular flexibility index (Phi) is 3.53. The van der Waals surface area contributed by atoms with E-state index in [0.29, 0.717) is 0 Å². The Morgan fingerprint density at radius 1 is 0.704 bits per heavy atom. The van der Waals surface area contributed by atoms with Gasteiger partial charge in [0, 0.05) is 23.6 Å². The van der Waals surface area contributed by atoms with Crippen LogP contribution in [0.25, 0.3) is 33.1 Å². The number of rotatable bonds is 3. The van der Waals surface area contributed by atoms with E-state index >= 15 is 0 Å². The first-order valence-electron chi connectivity index (χ1n) is 9.71. The van der Waals surface area contributed by atoms with Gasteiger partial charge in [-0.05, 0) is 22.8 Å². The van der Waals surface area contributed by atoms with Gasteiger partial charge in [0.15, 0.2) is 0 Å². The van der Waals surface area contributed by atoms with Crippen molar-refractivity contribution in [1.29, 1.82) is 0 Å². The highest BCUT2D eigenvalue weighted by molar-refractivity contribution is 6.09. The fourth-order valence-electron chi connectivity index (χ4n) is 3.75. The quantitative estimate of drug-likeness (QED) is 0.330. The van der Waals surface area contributed by atoms with E-state index < -0.39 is 5.89 Å². The molecule has 0 aliphatic rings. The first kappa shape index (κ1) is 14.8. The molecule has 1 aromatic heterocycles. The summed E-state index contributed by atoms with van der Waals surface area (Å²) < 4.78 is 15.2. The molecule has 4 aromatic carbocycles. The van der Waals surface area contributed by atoms with Gasteiger partial charge in [0.1, 0.15) is 11.2 Å². The van der Waals surface area contributed by atoms with Gasteiger partial charge in [0.25, 0.3) is 0 Å². The van der Waals surface area contributed by atoms with Crippen LogP contribution < -0.4 is 0 Å². The average molecular weight is 349 g/mol. The fourth-order valence-corrected chi connectivity index (χ4v) is 3.75. The van der Waals surface area contributed by atoms with Crippen LogP contribution in [0.3, 0.4) is 0 Å². The fraction of sp³-hybridized carbons (Fsp3) is 0.0769. The summed E-state index contributed by atoms with van der Waals surface area (Å²) in [4.78, 5) is 0. The van der Waals surface area contributed by atoms with Crippen molar-refractivity contribution in [3.05, 3.63) is 108 Å². The lowest BCUT2D eigenvalue weighted by Crippen LogP contribution is -1.96. The lowest BCUT2D eigenvalue weighted by Gasteiger charge is -2.14. The maximum atomic E-state index is 8.99. The lowest BCUT2D eigenvalue weighted by atomic mass is 9.90. The average Bonchev–Trinajstić information content (AvgIpc) is 3.13. The molecule has 0 fully saturated rings. The van der Waals surface area contributed by atoms with Gasteiger partial charge in [0.05, 0.1) is 0 Å². The second-order valence-corrected chi connectivity index (χ2v) is 6.85. The van der Waals surface area contributed by atoms with E-state index in [1.165, 1.54) is 0 Å². The summed E-state index contributed by atoms with van der Waals surface area (Å²) in [5, 5.41) is 2.25. The minimum atomic E-state index is -0.820. The monoisotopic (exact) mass is 349 g/mol. The zero-order valence-electron chi connectivity index (χ0n) is 16.1. The molecule has 1 nitrogen and oxygen atoms in total. The first-order chi connectivity index (χ1) is 13.6. The second-order valence-electron chi connectivity index (χ2n) is 6.85. The SMILES string of the molecule is [2H]C(C)(c1ccccc1)c1cccc(-c2cccc3c2oc2ccccc23)c1. The van der Waals surface area contributed by atoms with E-state index in [1.54, 1.807) is 0 Å². The minimum absolute atomic E-state index is 0.820. The molecule has 130 valence electrons. The topological polar surface area (TPSA) is 13.1 Å². The molecular weight excluding hydrogens is 328 g/mol. The predicted octanol–water partition coefficient (Wildman–Crippen LogP) is 7.40. The molecule has 5 aromatic rings. The summed E-state index contributed by atoms with van der Waals surface area (Å²) in [5.41, 5.74) is 5.86. The van der Waals surface area contributed by atoms with Crippen molar-refractivity contribution in [2.75, 3.05) is 0 Å². The maximum absolute atomic E-state index is 8.99. The van der Waals surface area contributed by atoms with E-state index in [9.17, 15) is 0 Å². The number of furan rings is 1. The van der Waals surface area contributed by atoms with E-state index in [0.717, 1.165) is 44.2 Å². The van der Waals surface area contributed by atoms with E-state index in [1.807, 2.05) is 67.6 Å². The van der Waals surface area contributed by atoms with Gasteiger partial charge in [-0.1, -0.05) is 97.9 Å². The molecule has 27 heavy (non-hydrogen) atoms. The molecular formula is C26H20O. The number of para-hydroxylation sites is 2. The molecule has 0 saturated heterocycles. The van der Waals surface area contributed by atoms with E-state index in [4.69, 9.17) is 5.79 Å². The summed E-state index contributed by atoms with van der Waals surface area (Å²) in [7, 11) is 0. The Labute approximate surface area is 160 Å². The Balaban J connectivity index is 1.68. The van der Waals surface area contributed by atoms with Crippen molar-refractivity contribution in [2.24, 2.45) is 0 Å². The zero-order valence-corrected chi connectivity index (χ0v) is 15.1. The lowest BCUT2D eigenvalue weighted by molar-refractivity contribution is 0.670. The van der Waals surface area contributed by atoms with Gasteiger partial charge in [-0.2, -0.15) is 0 Å². The number of hydrogen-bond donors (Lipinski definition) is 0. The summed E-state index contributed by atoms with van der Waals surface area (Å²) in [6, 6.07) is 32.7. The summed E-state index contributed by atoms with van der Waals surface area (Å²) in [6.07, 6.45) is 0. The molecule has 1 heterocycles. The van der Waals surface area contributed by atoms with Gasteiger partial charge in [-0.25, -0.2) is 0 Å². The van der Waals surface area contributed by atoms with E-state index in [2.05, 4.69) is 36.4 Å². The number of fused-ring (bicyclic) bond motifs is 3. The molecule has 0 aliphatic carbocycles. The minimum Gasteiger partial charge on any atom is -0.455 e. The van der Waals surface area contributed by atoms with Crippen LogP contribution in [0.1, 0.15) is 25.3 Å². The molecule has 1 atom stereocenters. The molecule has 1 heteroatoms. The third-order valence-electron chi connectivity index (χ3n) is 5.22. The van der Waals surface area contributed by atoms with Gasteiger partial charge < -0.3 is 4.42 Å². The summed E-state index contributed by atoms with van der Waals surface area (Å²) in [6.45, 7) is 1.95. The van der Waals surface area contributed by atoms with Crippen LogP contribution in [0.5, 0.6) is 0 Å². The predicted molar refractivity (Wildman–Crippen MR) is 113 cm³/mol. The van der Waals surface area contributed by atoms with Gasteiger partial charge >= 0.3 is 0 Å². The molecule has 0 spiro atoms. The highest BCUT2D eigenvalue weighted by Crippen LogP contribution is 2.36. The van der Waals surface area contributed by atoms with Crippen molar-refractivity contribution in [1.82, 2.24) is 0 Å². The van der Waals surface area contributed by atoms with Crippen LogP contribution >= 0.6 is 0 Å². The van der Waals surface area contributed by atoms with Crippen LogP contribution in [-0.2, 0) is 0 Å². The standard InChI is InChI=1S/C26H20O/c1-18(19-9-3-2-4-10-19)20-11-7-12-21(17-20)22-14-8-15-24-23-13-5-6-16-25(23)27-26(22)24/h2-18H,1H3/i18D.